The van der Waals surface area contributed by atoms with Gasteiger partial charge in [-0.3, -0.25) is 0 Å². The van der Waals surface area contributed by atoms with Crippen molar-refractivity contribution in [2.75, 3.05) is 0 Å². The van der Waals surface area contributed by atoms with Gasteiger partial charge in [0.2, 0.25) is 0 Å². The van der Waals surface area contributed by atoms with Crippen LogP contribution in [0.4, 0.5) is 4.39 Å². The van der Waals surface area contributed by atoms with Gasteiger partial charge in [0.25, 0.3) is 0 Å². The van der Waals surface area contributed by atoms with Crippen LogP contribution in [0.2, 0.25) is 5.02 Å². The van der Waals surface area contributed by atoms with Crippen molar-refractivity contribution < 1.29 is 9.13 Å². The maximum atomic E-state index is 13.4. The number of benzene rings is 2. The first-order chi connectivity index (χ1) is 8.60. The minimum Gasteiger partial charge on any atom is -0.456 e. The van der Waals surface area contributed by atoms with E-state index in [9.17, 15) is 4.39 Å². The Balaban J connectivity index is 2.25. The summed E-state index contributed by atoms with van der Waals surface area (Å²) in [6, 6.07) is 9.91. The van der Waals surface area contributed by atoms with Gasteiger partial charge in [-0.2, -0.15) is 0 Å². The molecule has 0 unspecified atom stereocenters. The zero-order valence-electron chi connectivity index (χ0n) is 9.29. The van der Waals surface area contributed by atoms with Gasteiger partial charge in [0.15, 0.2) is 0 Å². The van der Waals surface area contributed by atoms with Crippen LogP contribution in [0.1, 0.15) is 5.56 Å². The molecule has 0 amide bonds. The molecular formula is C13H10BrClFNO. The lowest BCUT2D eigenvalue weighted by Crippen LogP contribution is -1.95. The molecule has 2 N–H and O–H groups in total. The van der Waals surface area contributed by atoms with E-state index in [-0.39, 0.29) is 5.75 Å². The summed E-state index contributed by atoms with van der Waals surface area (Å²) in [5, 5.41) is 0.339. The fourth-order valence-corrected chi connectivity index (χ4v) is 2.08. The summed E-state index contributed by atoms with van der Waals surface area (Å²) < 4.78 is 19.2. The summed E-state index contributed by atoms with van der Waals surface area (Å²) in [6.07, 6.45) is 0. The molecule has 0 radical (unpaired) electrons. The molecule has 0 spiro atoms. The van der Waals surface area contributed by atoms with E-state index in [1.165, 1.54) is 12.1 Å². The monoisotopic (exact) mass is 329 g/mol. The van der Waals surface area contributed by atoms with Crippen molar-refractivity contribution in [2.45, 2.75) is 6.54 Å². The first-order valence-corrected chi connectivity index (χ1v) is 6.38. The number of hydrogen-bond acceptors (Lipinski definition) is 2. The molecule has 2 nitrogen and oxygen atoms in total. The van der Waals surface area contributed by atoms with Crippen LogP contribution in [0.25, 0.3) is 0 Å². The smallest absolute Gasteiger partial charge is 0.149 e. The van der Waals surface area contributed by atoms with Crippen molar-refractivity contribution in [3.05, 3.63) is 57.3 Å². The van der Waals surface area contributed by atoms with Crippen molar-refractivity contribution in [3.8, 4) is 11.5 Å². The van der Waals surface area contributed by atoms with E-state index >= 15 is 0 Å². The first kappa shape index (κ1) is 13.3. The van der Waals surface area contributed by atoms with E-state index in [2.05, 4.69) is 15.9 Å². The van der Waals surface area contributed by atoms with Gasteiger partial charge in [-0.05, 0) is 39.7 Å². The normalized spacial score (nSPS) is 10.4. The molecule has 2 aromatic carbocycles. The van der Waals surface area contributed by atoms with Gasteiger partial charge in [0.05, 0.1) is 9.50 Å². The Morgan fingerprint density at radius 1 is 1.22 bits per heavy atom. The Morgan fingerprint density at radius 3 is 2.50 bits per heavy atom. The first-order valence-electron chi connectivity index (χ1n) is 5.21. The highest BCUT2D eigenvalue weighted by molar-refractivity contribution is 9.10. The summed E-state index contributed by atoms with van der Waals surface area (Å²) in [6.45, 7) is 0.466. The molecule has 0 saturated heterocycles. The highest BCUT2D eigenvalue weighted by Gasteiger charge is 2.08. The van der Waals surface area contributed by atoms with E-state index in [0.29, 0.717) is 21.8 Å². The summed E-state index contributed by atoms with van der Waals surface area (Å²) in [4.78, 5) is 0. The molecule has 0 aromatic heterocycles. The van der Waals surface area contributed by atoms with Gasteiger partial charge in [-0.25, -0.2) is 4.39 Å². The number of halogens is 3. The van der Waals surface area contributed by atoms with E-state index < -0.39 is 5.82 Å². The third kappa shape index (κ3) is 3.02. The summed E-state index contributed by atoms with van der Waals surface area (Å²) in [5.74, 6) is 0.432. The molecule has 2 rings (SSSR count). The molecule has 0 aliphatic rings. The molecule has 5 heteroatoms. The zero-order valence-corrected chi connectivity index (χ0v) is 11.6. The van der Waals surface area contributed by atoms with Crippen molar-refractivity contribution in [3.63, 3.8) is 0 Å². The number of rotatable bonds is 3. The SMILES string of the molecule is NCc1ccc(Oc2cc(F)c(Br)cc2Cl)cc1. The summed E-state index contributed by atoms with van der Waals surface area (Å²) in [7, 11) is 0. The zero-order chi connectivity index (χ0) is 13.1. The molecule has 0 fully saturated rings. The quantitative estimate of drug-likeness (QED) is 0.841. The second-order valence-electron chi connectivity index (χ2n) is 3.65. The number of nitrogens with two attached hydrogens (primary N) is 1. The molecule has 0 aliphatic carbocycles. The minimum atomic E-state index is -0.423. The third-order valence-electron chi connectivity index (χ3n) is 2.36. The lowest BCUT2D eigenvalue weighted by Gasteiger charge is -2.09. The lowest BCUT2D eigenvalue weighted by atomic mass is 10.2. The van der Waals surface area contributed by atoms with Gasteiger partial charge < -0.3 is 10.5 Å². The Hall–Kier alpha value is -1.10. The van der Waals surface area contributed by atoms with E-state index in [1.807, 2.05) is 12.1 Å². The molecule has 0 heterocycles. The maximum Gasteiger partial charge on any atom is 0.149 e. The van der Waals surface area contributed by atoms with Crippen molar-refractivity contribution in [2.24, 2.45) is 5.73 Å². The van der Waals surface area contributed by atoms with Crippen LogP contribution in [-0.2, 0) is 6.54 Å². The fourth-order valence-electron chi connectivity index (χ4n) is 1.40. The second-order valence-corrected chi connectivity index (χ2v) is 4.91. The molecule has 94 valence electrons. The van der Waals surface area contributed by atoms with E-state index in [0.717, 1.165) is 5.56 Å². The standard InChI is InChI=1S/C13H10BrClFNO/c14-10-5-11(15)13(6-12(10)16)18-9-3-1-8(7-17)2-4-9/h1-6H,7,17H2. The van der Waals surface area contributed by atoms with Crippen LogP contribution >= 0.6 is 27.5 Å². The lowest BCUT2D eigenvalue weighted by molar-refractivity contribution is 0.476. The van der Waals surface area contributed by atoms with Crippen LogP contribution < -0.4 is 10.5 Å². The molecule has 2 aromatic rings. The average molecular weight is 331 g/mol. The van der Waals surface area contributed by atoms with Crippen LogP contribution in [0, 0.1) is 5.82 Å². The Bertz CT molecular complexity index is 560. The van der Waals surface area contributed by atoms with Gasteiger partial charge in [-0.1, -0.05) is 23.7 Å². The van der Waals surface area contributed by atoms with Crippen LogP contribution in [-0.4, -0.2) is 0 Å². The Labute approximate surface area is 118 Å². The van der Waals surface area contributed by atoms with Crippen LogP contribution in [0.3, 0.4) is 0 Å². The van der Waals surface area contributed by atoms with Crippen molar-refractivity contribution >= 4 is 27.5 Å². The highest BCUT2D eigenvalue weighted by atomic mass is 79.9. The fraction of sp³-hybridized carbons (Fsp3) is 0.0769. The van der Waals surface area contributed by atoms with Crippen molar-refractivity contribution in [1.29, 1.82) is 0 Å². The predicted molar refractivity (Wildman–Crippen MR) is 73.5 cm³/mol. The molecule has 18 heavy (non-hydrogen) atoms. The number of hydrogen-bond donors (Lipinski definition) is 1. The second kappa shape index (κ2) is 5.69. The Kier molecular flexibility index (Phi) is 4.22. The van der Waals surface area contributed by atoms with E-state index in [1.54, 1.807) is 12.1 Å². The maximum absolute atomic E-state index is 13.4. The highest BCUT2D eigenvalue weighted by Crippen LogP contribution is 2.33. The van der Waals surface area contributed by atoms with E-state index in [4.69, 9.17) is 22.1 Å². The van der Waals surface area contributed by atoms with Crippen LogP contribution in [0.5, 0.6) is 11.5 Å². The number of ether oxygens (including phenoxy) is 1. The molecule has 0 bridgehead atoms. The summed E-state index contributed by atoms with van der Waals surface area (Å²) >= 11 is 9.02. The van der Waals surface area contributed by atoms with Gasteiger partial charge in [-0.15, -0.1) is 0 Å². The predicted octanol–water partition coefficient (Wildman–Crippen LogP) is 4.49. The van der Waals surface area contributed by atoms with Crippen LogP contribution in [0.15, 0.2) is 40.9 Å². The average Bonchev–Trinajstić information content (AvgIpc) is 2.37. The molecule has 0 aliphatic heterocycles. The molecular weight excluding hydrogens is 321 g/mol. The molecule has 0 atom stereocenters. The van der Waals surface area contributed by atoms with Gasteiger partial charge in [0.1, 0.15) is 17.3 Å². The van der Waals surface area contributed by atoms with Gasteiger partial charge >= 0.3 is 0 Å². The Morgan fingerprint density at radius 2 is 1.89 bits per heavy atom. The summed E-state index contributed by atoms with van der Waals surface area (Å²) in [5.41, 5.74) is 6.49. The minimum absolute atomic E-state index is 0.276. The van der Waals surface area contributed by atoms with Gasteiger partial charge in [0, 0.05) is 12.6 Å². The largest absolute Gasteiger partial charge is 0.456 e. The topological polar surface area (TPSA) is 35.2 Å². The van der Waals surface area contributed by atoms with Crippen molar-refractivity contribution in [1.82, 2.24) is 0 Å². The third-order valence-corrected chi connectivity index (χ3v) is 3.26. The molecule has 0 saturated carbocycles.